The Labute approximate surface area is 72.5 Å². The summed E-state index contributed by atoms with van der Waals surface area (Å²) in [5.41, 5.74) is 11.9. The third kappa shape index (κ3) is 5.56. The molecule has 0 aromatic heterocycles. The molecule has 11 heavy (non-hydrogen) atoms. The maximum Gasteiger partial charge on any atom is 0.117 e. The molecule has 0 rings (SSSR count). The minimum absolute atomic E-state index is 0.172. The molecule has 0 aliphatic carbocycles. The molecule has 0 aliphatic heterocycles. The van der Waals surface area contributed by atoms with E-state index in [4.69, 9.17) is 16.9 Å². The van der Waals surface area contributed by atoms with Gasteiger partial charge < -0.3 is 11.5 Å². The predicted octanol–water partition coefficient (Wildman–Crippen LogP) is 1.61. The molecular formula is C5H14N3P3. The van der Waals surface area contributed by atoms with Crippen molar-refractivity contribution >= 4 is 30.7 Å². The molecule has 0 aromatic rings. The van der Waals surface area contributed by atoms with Crippen molar-refractivity contribution < 1.29 is 0 Å². The Kier molecular flexibility index (Phi) is 6.05. The summed E-state index contributed by atoms with van der Waals surface area (Å²) in [6, 6.07) is 0. The Balaban J connectivity index is 4.04. The lowest BCUT2D eigenvalue weighted by Gasteiger charge is -2.04. The molecule has 0 saturated carbocycles. The number of nitrogens with two attached hydrogens (primary N) is 2. The Bertz CT molecular complexity index is 178. The van der Waals surface area contributed by atoms with Gasteiger partial charge >= 0.3 is 0 Å². The smallest absolute Gasteiger partial charge is 0.117 e. The normalized spacial score (nSPS) is 15.8. The van der Waals surface area contributed by atoms with Crippen LogP contribution in [-0.2, 0) is 0 Å². The third-order valence-electron chi connectivity index (χ3n) is 0.986. The van der Waals surface area contributed by atoms with E-state index in [2.05, 4.69) is 6.66 Å². The van der Waals surface area contributed by atoms with Gasteiger partial charge in [0.15, 0.2) is 0 Å². The summed E-state index contributed by atoms with van der Waals surface area (Å²) in [5, 5.41) is 8.24. The van der Waals surface area contributed by atoms with Crippen molar-refractivity contribution in [1.82, 2.24) is 0 Å². The summed E-state index contributed by atoms with van der Waals surface area (Å²) < 4.78 is 0. The van der Waals surface area contributed by atoms with E-state index in [0.717, 1.165) is 22.0 Å². The molecule has 64 valence electrons. The lowest BCUT2D eigenvalue weighted by molar-refractivity contribution is 1.46. The van der Waals surface area contributed by atoms with Gasteiger partial charge in [-0.05, 0) is 27.5 Å². The molecule has 6 heteroatoms. The Morgan fingerprint density at radius 3 is 2.27 bits per heavy atom. The number of allylic oxidation sites excluding steroid dienone is 1. The van der Waals surface area contributed by atoms with Gasteiger partial charge in [-0.2, -0.15) is 0 Å². The largest absolute Gasteiger partial charge is 0.398 e. The van der Waals surface area contributed by atoms with Gasteiger partial charge in [-0.25, -0.2) is 0 Å². The van der Waals surface area contributed by atoms with E-state index < -0.39 is 0 Å². The first-order chi connectivity index (χ1) is 5.07. The van der Waals surface area contributed by atoms with Gasteiger partial charge in [0.1, 0.15) is 5.58 Å². The Hall–Kier alpha value is 0.300. The highest BCUT2D eigenvalue weighted by atomic mass is 32.0. The van der Waals surface area contributed by atoms with Gasteiger partial charge in [-0.1, -0.05) is 16.5 Å². The molecule has 3 nitrogen and oxygen atoms in total. The molecule has 0 fully saturated rings. The van der Waals surface area contributed by atoms with Crippen molar-refractivity contribution in [3.63, 3.8) is 0 Å². The van der Waals surface area contributed by atoms with Crippen LogP contribution in [-0.4, -0.2) is 12.2 Å². The molecule has 0 spiro atoms. The van der Waals surface area contributed by atoms with Crippen molar-refractivity contribution in [2.24, 2.45) is 11.5 Å². The third-order valence-corrected chi connectivity index (χ3v) is 4.92. The van der Waals surface area contributed by atoms with Crippen LogP contribution in [0.25, 0.3) is 0 Å². The molecule has 0 heterocycles. The van der Waals surface area contributed by atoms with Crippen molar-refractivity contribution in [2.75, 3.05) is 6.66 Å². The topological polar surface area (TPSA) is 75.9 Å². The average molecular weight is 209 g/mol. The molecule has 0 amide bonds. The fraction of sp³-hybridized carbons (Fsp3) is 0.400. The van der Waals surface area contributed by atoms with E-state index in [1.807, 2.05) is 6.92 Å². The van der Waals surface area contributed by atoms with Crippen molar-refractivity contribution in [3.8, 4) is 0 Å². The van der Waals surface area contributed by atoms with Crippen LogP contribution < -0.4 is 11.5 Å². The number of hydrogen-bond acceptors (Lipinski definition) is 2. The second-order valence-electron chi connectivity index (χ2n) is 1.95. The van der Waals surface area contributed by atoms with Crippen molar-refractivity contribution in [3.05, 3.63) is 10.8 Å². The van der Waals surface area contributed by atoms with Crippen molar-refractivity contribution in [2.45, 2.75) is 6.92 Å². The Morgan fingerprint density at radius 2 is 1.91 bits per heavy atom. The van der Waals surface area contributed by atoms with Gasteiger partial charge in [0, 0.05) is 5.44 Å². The van der Waals surface area contributed by atoms with E-state index in [1.165, 1.54) is 5.31 Å². The second kappa shape index (κ2) is 5.89. The maximum absolute atomic E-state index is 7.03. The van der Waals surface area contributed by atoms with Crippen molar-refractivity contribution in [1.29, 1.82) is 5.41 Å². The minimum atomic E-state index is 0.172. The number of nitrogens with one attached hydrogen (secondary N) is 1. The van der Waals surface area contributed by atoms with E-state index in [-0.39, 0.29) is 14.2 Å². The minimum Gasteiger partial charge on any atom is -0.398 e. The molecule has 3 atom stereocenters. The number of amidine groups is 1. The van der Waals surface area contributed by atoms with Gasteiger partial charge in [0.2, 0.25) is 0 Å². The van der Waals surface area contributed by atoms with Crippen LogP contribution in [0.1, 0.15) is 6.92 Å². The van der Waals surface area contributed by atoms with E-state index in [1.54, 1.807) is 0 Å². The first kappa shape index (κ1) is 11.3. The average Bonchev–Trinajstić information content (AvgIpc) is 1.86. The summed E-state index contributed by atoms with van der Waals surface area (Å²) in [7, 11) is 1.90. The summed E-state index contributed by atoms with van der Waals surface area (Å²) in [5.74, 6) is 0. The zero-order valence-electron chi connectivity index (χ0n) is 6.65. The standard InChI is InChI=1S/C5H14N3P3/c1-3(11-9-2)4(6)10-5(7)8/h9-11H,6H2,1-2H3,(H3,7,8)/b4-3-. The quantitative estimate of drug-likeness (QED) is 0.373. The van der Waals surface area contributed by atoms with E-state index >= 15 is 0 Å². The highest BCUT2D eigenvalue weighted by Gasteiger charge is 1.98. The van der Waals surface area contributed by atoms with Gasteiger partial charge in [0.05, 0.1) is 0 Å². The van der Waals surface area contributed by atoms with Crippen LogP contribution in [0.2, 0.25) is 0 Å². The molecule has 0 saturated heterocycles. The maximum atomic E-state index is 7.03. The fourth-order valence-electron chi connectivity index (χ4n) is 0.494. The van der Waals surface area contributed by atoms with Crippen LogP contribution in [0, 0.1) is 5.41 Å². The monoisotopic (exact) mass is 209 g/mol. The lowest BCUT2D eigenvalue weighted by atomic mass is 10.7. The SMILES string of the molecule is CPP/C(C)=C(/N)PC(=N)N. The summed E-state index contributed by atoms with van der Waals surface area (Å²) in [6.07, 6.45) is 0. The Morgan fingerprint density at radius 1 is 1.36 bits per heavy atom. The highest BCUT2D eigenvalue weighted by molar-refractivity contribution is 8.13. The highest BCUT2D eigenvalue weighted by Crippen LogP contribution is 2.43. The fourth-order valence-corrected chi connectivity index (χ4v) is 3.76. The molecular weight excluding hydrogens is 195 g/mol. The van der Waals surface area contributed by atoms with Crippen LogP contribution >= 0.6 is 25.1 Å². The summed E-state index contributed by atoms with van der Waals surface area (Å²) in [6.45, 7) is 4.16. The predicted molar refractivity (Wildman–Crippen MR) is 59.7 cm³/mol. The molecule has 0 aromatic carbocycles. The second-order valence-corrected chi connectivity index (χ2v) is 7.03. The molecule has 0 aliphatic rings. The number of rotatable bonds is 4. The first-order valence-electron chi connectivity index (χ1n) is 3.08. The van der Waals surface area contributed by atoms with Gasteiger partial charge in [-0.15, -0.1) is 0 Å². The molecule has 5 N–H and O–H groups in total. The molecule has 3 unspecified atom stereocenters. The summed E-state index contributed by atoms with van der Waals surface area (Å²) >= 11 is 0. The first-order valence-corrected chi connectivity index (χ1v) is 7.58. The van der Waals surface area contributed by atoms with E-state index in [0.29, 0.717) is 0 Å². The van der Waals surface area contributed by atoms with Crippen LogP contribution in [0.4, 0.5) is 0 Å². The van der Waals surface area contributed by atoms with E-state index in [9.17, 15) is 0 Å². The molecule has 0 bridgehead atoms. The lowest BCUT2D eigenvalue weighted by Crippen LogP contribution is -2.05. The van der Waals surface area contributed by atoms with Crippen LogP contribution in [0.3, 0.4) is 0 Å². The van der Waals surface area contributed by atoms with Gasteiger partial charge in [0.25, 0.3) is 0 Å². The molecule has 0 radical (unpaired) electrons. The zero-order valence-corrected chi connectivity index (χ0v) is 9.65. The van der Waals surface area contributed by atoms with Crippen LogP contribution in [0.15, 0.2) is 10.8 Å². The summed E-state index contributed by atoms with van der Waals surface area (Å²) in [4.78, 5) is 0. The number of hydrogen-bond donors (Lipinski definition) is 3. The van der Waals surface area contributed by atoms with Gasteiger partial charge in [-0.3, -0.25) is 5.41 Å². The van der Waals surface area contributed by atoms with Crippen LogP contribution in [0.5, 0.6) is 0 Å². The zero-order chi connectivity index (χ0) is 8.85.